The Labute approximate surface area is 188 Å². The maximum absolute atomic E-state index is 14.0. The summed E-state index contributed by atoms with van der Waals surface area (Å²) in [6.07, 6.45) is 0.851. The molecule has 2 rings (SSSR count). The molecule has 0 atom stereocenters. The fourth-order valence-electron chi connectivity index (χ4n) is 2.62. The molecule has 1 heterocycles. The third-order valence-electron chi connectivity index (χ3n) is 4.36. The number of nitrogens with zero attached hydrogens (tertiary/aromatic N) is 5. The van der Waals surface area contributed by atoms with E-state index >= 15 is 0 Å². The van der Waals surface area contributed by atoms with Gasteiger partial charge in [0.05, 0.1) is 7.11 Å². The summed E-state index contributed by atoms with van der Waals surface area (Å²) >= 11 is 0. The van der Waals surface area contributed by atoms with E-state index in [4.69, 9.17) is 9.47 Å². The molecular weight excluding hydrogens is 490 g/mol. The largest absolute Gasteiger partial charge is 0.494 e. The van der Waals surface area contributed by atoms with Gasteiger partial charge in [-0.25, -0.2) is 9.38 Å². The first-order valence-corrected chi connectivity index (χ1v) is 9.12. The van der Waals surface area contributed by atoms with Gasteiger partial charge < -0.3 is 24.3 Å². The predicted molar refractivity (Wildman–Crippen MR) is 121 cm³/mol. The maximum Gasteiger partial charge on any atom is 0.194 e. The van der Waals surface area contributed by atoms with Crippen molar-refractivity contribution in [2.24, 2.45) is 12.0 Å². The van der Waals surface area contributed by atoms with Gasteiger partial charge in [-0.3, -0.25) is 0 Å². The summed E-state index contributed by atoms with van der Waals surface area (Å²) in [5, 5.41) is 11.5. The third kappa shape index (κ3) is 7.42. The fraction of sp³-hybridized carbons (Fsp3) is 0.526. The standard InChI is InChI=1S/C19H29FN6O2.HI/c1-14-23-24-18(26(14)3)12-22-19(21-9-6-10-27-4)25(2)13-15-7-8-17(28-5)16(20)11-15;/h7-8,11H,6,9-10,12-13H2,1-5H3,(H,21,22);1H. The number of methoxy groups -OCH3 is 2. The van der Waals surface area contributed by atoms with Gasteiger partial charge in [-0.1, -0.05) is 6.07 Å². The molecule has 1 aromatic carbocycles. The normalized spacial score (nSPS) is 11.2. The lowest BCUT2D eigenvalue weighted by molar-refractivity contribution is 0.195. The minimum Gasteiger partial charge on any atom is -0.494 e. The number of aromatic nitrogens is 3. The van der Waals surface area contributed by atoms with Crippen LogP contribution in [0.3, 0.4) is 0 Å². The van der Waals surface area contributed by atoms with Crippen molar-refractivity contribution in [2.75, 3.05) is 34.4 Å². The van der Waals surface area contributed by atoms with Crippen LogP contribution in [0, 0.1) is 12.7 Å². The van der Waals surface area contributed by atoms with Crippen molar-refractivity contribution in [1.29, 1.82) is 0 Å². The average Bonchev–Trinajstić information content (AvgIpc) is 2.99. The number of rotatable bonds is 9. The van der Waals surface area contributed by atoms with E-state index in [9.17, 15) is 4.39 Å². The van der Waals surface area contributed by atoms with Gasteiger partial charge >= 0.3 is 0 Å². The highest BCUT2D eigenvalue weighted by Crippen LogP contribution is 2.18. The Balaban J connectivity index is 0.00000420. The van der Waals surface area contributed by atoms with Crippen LogP contribution >= 0.6 is 24.0 Å². The van der Waals surface area contributed by atoms with Crippen molar-refractivity contribution in [3.05, 3.63) is 41.2 Å². The second-order valence-electron chi connectivity index (χ2n) is 6.46. The lowest BCUT2D eigenvalue weighted by atomic mass is 10.2. The molecule has 2 aromatic rings. The van der Waals surface area contributed by atoms with Crippen LogP contribution in [0.1, 0.15) is 23.6 Å². The van der Waals surface area contributed by atoms with Crippen LogP contribution in [0.5, 0.6) is 5.75 Å². The van der Waals surface area contributed by atoms with Crippen molar-refractivity contribution >= 4 is 29.9 Å². The van der Waals surface area contributed by atoms with Crippen molar-refractivity contribution < 1.29 is 13.9 Å². The monoisotopic (exact) mass is 520 g/mol. The number of hydrogen-bond acceptors (Lipinski definition) is 5. The lowest BCUT2D eigenvalue weighted by Crippen LogP contribution is -2.39. The first-order valence-electron chi connectivity index (χ1n) is 9.12. The van der Waals surface area contributed by atoms with Gasteiger partial charge in [0, 0.05) is 40.9 Å². The Hall–Kier alpha value is -1.95. The maximum atomic E-state index is 14.0. The Bertz CT molecular complexity index is 799. The number of hydrogen-bond donors (Lipinski definition) is 1. The molecule has 10 heteroatoms. The molecule has 0 saturated heterocycles. The third-order valence-corrected chi connectivity index (χ3v) is 4.36. The van der Waals surface area contributed by atoms with Crippen molar-refractivity contribution in [1.82, 2.24) is 25.0 Å². The van der Waals surface area contributed by atoms with Crippen LogP contribution in [-0.2, 0) is 24.9 Å². The SMILES string of the molecule is COCCCNC(=NCc1nnc(C)n1C)N(C)Cc1ccc(OC)c(F)c1.I. The second-order valence-corrected chi connectivity index (χ2v) is 6.46. The molecule has 1 N–H and O–H groups in total. The van der Waals surface area contributed by atoms with E-state index in [-0.39, 0.29) is 35.5 Å². The minimum absolute atomic E-state index is 0. The van der Waals surface area contributed by atoms with E-state index in [1.54, 1.807) is 13.2 Å². The summed E-state index contributed by atoms with van der Waals surface area (Å²) in [4.78, 5) is 6.61. The van der Waals surface area contributed by atoms with Crippen molar-refractivity contribution in [3.63, 3.8) is 0 Å². The van der Waals surface area contributed by atoms with Gasteiger partial charge in [-0.15, -0.1) is 34.2 Å². The summed E-state index contributed by atoms with van der Waals surface area (Å²) in [6.45, 7) is 4.16. The van der Waals surface area contributed by atoms with Crippen molar-refractivity contribution in [3.8, 4) is 5.75 Å². The molecule has 162 valence electrons. The molecule has 0 unspecified atom stereocenters. The molecule has 0 aliphatic carbocycles. The highest BCUT2D eigenvalue weighted by molar-refractivity contribution is 14.0. The molecule has 0 spiro atoms. The summed E-state index contributed by atoms with van der Waals surface area (Å²) < 4.78 is 26.0. The van der Waals surface area contributed by atoms with Crippen molar-refractivity contribution in [2.45, 2.75) is 26.4 Å². The number of aryl methyl sites for hydroxylation is 1. The summed E-state index contributed by atoms with van der Waals surface area (Å²) in [6, 6.07) is 4.95. The molecule has 0 fully saturated rings. The number of benzene rings is 1. The highest BCUT2D eigenvalue weighted by Gasteiger charge is 2.11. The van der Waals surface area contributed by atoms with Gasteiger partial charge in [0.2, 0.25) is 0 Å². The van der Waals surface area contributed by atoms with Crippen LogP contribution in [0.25, 0.3) is 0 Å². The molecule has 0 bridgehead atoms. The van der Waals surface area contributed by atoms with Crippen LogP contribution in [0.15, 0.2) is 23.2 Å². The molecule has 0 radical (unpaired) electrons. The zero-order valence-electron chi connectivity index (χ0n) is 17.6. The number of nitrogens with one attached hydrogen (secondary N) is 1. The zero-order chi connectivity index (χ0) is 20.5. The first-order chi connectivity index (χ1) is 13.5. The Morgan fingerprint density at radius 3 is 2.66 bits per heavy atom. The predicted octanol–water partition coefficient (Wildman–Crippen LogP) is 2.50. The summed E-state index contributed by atoms with van der Waals surface area (Å²) in [5.41, 5.74) is 0.821. The Morgan fingerprint density at radius 2 is 2.07 bits per heavy atom. The molecule has 0 saturated carbocycles. The summed E-state index contributed by atoms with van der Waals surface area (Å²) in [7, 11) is 6.95. The molecule has 8 nitrogen and oxygen atoms in total. The number of guanidine groups is 1. The molecule has 0 aliphatic rings. The van der Waals surface area contributed by atoms with Gasteiger partial charge in [0.1, 0.15) is 12.4 Å². The molecular formula is C19H30FIN6O2. The molecule has 1 aromatic heterocycles. The van der Waals surface area contributed by atoms with Gasteiger partial charge in [-0.05, 0) is 31.0 Å². The fourth-order valence-corrected chi connectivity index (χ4v) is 2.62. The van der Waals surface area contributed by atoms with Gasteiger partial charge in [0.25, 0.3) is 0 Å². The van der Waals surface area contributed by atoms with Crippen LogP contribution < -0.4 is 10.1 Å². The Morgan fingerprint density at radius 1 is 1.31 bits per heavy atom. The minimum atomic E-state index is -0.380. The van der Waals surface area contributed by atoms with E-state index in [0.717, 1.165) is 23.6 Å². The van der Waals surface area contributed by atoms with Gasteiger partial charge in [0.15, 0.2) is 23.4 Å². The average molecular weight is 520 g/mol. The second kappa shape index (κ2) is 12.6. The van der Waals surface area contributed by atoms with Gasteiger partial charge in [-0.2, -0.15) is 0 Å². The van der Waals surface area contributed by atoms with Crippen LogP contribution in [-0.4, -0.2) is 60.0 Å². The van der Waals surface area contributed by atoms with E-state index in [1.165, 1.54) is 13.2 Å². The van der Waals surface area contributed by atoms with E-state index in [0.29, 0.717) is 32.2 Å². The number of ether oxygens (including phenoxy) is 2. The molecule has 29 heavy (non-hydrogen) atoms. The highest BCUT2D eigenvalue weighted by atomic mass is 127. The van der Waals surface area contributed by atoms with Crippen LogP contribution in [0.2, 0.25) is 0 Å². The number of aliphatic imine (C=N–C) groups is 1. The van der Waals surface area contributed by atoms with Crippen LogP contribution in [0.4, 0.5) is 4.39 Å². The number of halogens is 2. The smallest absolute Gasteiger partial charge is 0.194 e. The van der Waals surface area contributed by atoms with E-state index in [2.05, 4.69) is 20.5 Å². The molecule has 0 amide bonds. The first kappa shape index (κ1) is 25.1. The van der Waals surface area contributed by atoms with E-state index < -0.39 is 0 Å². The molecule has 0 aliphatic heterocycles. The quantitative estimate of drug-likeness (QED) is 0.237. The summed E-state index contributed by atoms with van der Waals surface area (Å²) in [5.74, 6) is 2.16. The lowest BCUT2D eigenvalue weighted by Gasteiger charge is -2.23. The topological polar surface area (TPSA) is 76.8 Å². The Kier molecular flexibility index (Phi) is 10.9. The van der Waals surface area contributed by atoms with E-state index in [1.807, 2.05) is 36.6 Å². The zero-order valence-corrected chi connectivity index (χ0v) is 19.9.